The SMILES string of the molecule is CNCc1ccc(N2CCN(S(C)(=O)=O)CC2)c(Cl)c1. The van der Waals surface area contributed by atoms with Crippen molar-refractivity contribution in [2.45, 2.75) is 6.54 Å². The van der Waals surface area contributed by atoms with E-state index in [9.17, 15) is 8.42 Å². The largest absolute Gasteiger partial charge is 0.368 e. The minimum atomic E-state index is -3.09. The standard InChI is InChI=1S/C13H20ClN3O2S/c1-15-10-11-3-4-13(12(14)9-11)16-5-7-17(8-6-16)20(2,18)19/h3-4,9,15H,5-8,10H2,1-2H3. The summed E-state index contributed by atoms with van der Waals surface area (Å²) in [5.74, 6) is 0. The van der Waals surface area contributed by atoms with Gasteiger partial charge in [0.25, 0.3) is 0 Å². The lowest BCUT2D eigenvalue weighted by Crippen LogP contribution is -2.48. The Labute approximate surface area is 125 Å². The van der Waals surface area contributed by atoms with Crippen LogP contribution in [0, 0.1) is 0 Å². The molecule has 0 unspecified atom stereocenters. The van der Waals surface area contributed by atoms with E-state index in [0.717, 1.165) is 17.8 Å². The maximum absolute atomic E-state index is 11.5. The van der Waals surface area contributed by atoms with Crippen LogP contribution in [0.4, 0.5) is 5.69 Å². The fourth-order valence-corrected chi connectivity index (χ4v) is 3.53. The van der Waals surface area contributed by atoms with Crippen molar-refractivity contribution in [3.05, 3.63) is 28.8 Å². The Hall–Kier alpha value is -0.820. The van der Waals surface area contributed by atoms with Crippen molar-refractivity contribution < 1.29 is 8.42 Å². The van der Waals surface area contributed by atoms with Gasteiger partial charge in [-0.1, -0.05) is 17.7 Å². The molecule has 0 saturated carbocycles. The first kappa shape index (κ1) is 15.6. The predicted octanol–water partition coefficient (Wildman–Crippen LogP) is 1.14. The minimum absolute atomic E-state index is 0.507. The Morgan fingerprint density at radius 3 is 2.40 bits per heavy atom. The van der Waals surface area contributed by atoms with Gasteiger partial charge in [0, 0.05) is 32.7 Å². The number of anilines is 1. The van der Waals surface area contributed by atoms with Crippen molar-refractivity contribution in [2.75, 3.05) is 44.4 Å². The lowest BCUT2D eigenvalue weighted by atomic mass is 10.2. The second-order valence-electron chi connectivity index (χ2n) is 4.97. The summed E-state index contributed by atoms with van der Waals surface area (Å²) in [4.78, 5) is 2.13. The van der Waals surface area contributed by atoms with Crippen LogP contribution in [0.15, 0.2) is 18.2 Å². The zero-order valence-electron chi connectivity index (χ0n) is 11.8. The molecule has 0 atom stereocenters. The number of rotatable bonds is 4. The van der Waals surface area contributed by atoms with Crippen LogP contribution in [-0.2, 0) is 16.6 Å². The highest BCUT2D eigenvalue weighted by Gasteiger charge is 2.24. The summed E-state index contributed by atoms with van der Waals surface area (Å²) in [6.07, 6.45) is 1.25. The second kappa shape index (κ2) is 6.30. The van der Waals surface area contributed by atoms with Gasteiger partial charge in [0.2, 0.25) is 10.0 Å². The zero-order valence-corrected chi connectivity index (χ0v) is 13.3. The summed E-state index contributed by atoms with van der Waals surface area (Å²) in [5, 5.41) is 3.80. The minimum Gasteiger partial charge on any atom is -0.368 e. The van der Waals surface area contributed by atoms with Gasteiger partial charge in [0.1, 0.15) is 0 Å². The normalized spacial score (nSPS) is 17.4. The van der Waals surface area contributed by atoms with E-state index in [1.807, 2.05) is 25.2 Å². The van der Waals surface area contributed by atoms with Crippen LogP contribution in [-0.4, -0.2) is 52.2 Å². The van der Waals surface area contributed by atoms with Crippen LogP contribution in [0.1, 0.15) is 5.56 Å². The summed E-state index contributed by atoms with van der Waals surface area (Å²) in [6, 6.07) is 6.00. The van der Waals surface area contributed by atoms with E-state index in [2.05, 4.69) is 10.2 Å². The third-order valence-electron chi connectivity index (χ3n) is 3.44. The van der Waals surface area contributed by atoms with Gasteiger partial charge in [-0.25, -0.2) is 8.42 Å². The number of nitrogens with one attached hydrogen (secondary N) is 1. The van der Waals surface area contributed by atoms with Gasteiger partial charge >= 0.3 is 0 Å². The molecule has 0 spiro atoms. The molecule has 1 aromatic carbocycles. The molecule has 0 amide bonds. The lowest BCUT2D eigenvalue weighted by molar-refractivity contribution is 0.388. The van der Waals surface area contributed by atoms with Crippen LogP contribution in [0.3, 0.4) is 0 Å². The van der Waals surface area contributed by atoms with E-state index in [4.69, 9.17) is 11.6 Å². The van der Waals surface area contributed by atoms with Crippen molar-refractivity contribution >= 4 is 27.3 Å². The number of sulfonamides is 1. The van der Waals surface area contributed by atoms with E-state index >= 15 is 0 Å². The molecular formula is C13H20ClN3O2S. The van der Waals surface area contributed by atoms with Gasteiger partial charge < -0.3 is 10.2 Å². The number of benzene rings is 1. The van der Waals surface area contributed by atoms with Crippen molar-refractivity contribution in [1.82, 2.24) is 9.62 Å². The molecule has 1 aromatic rings. The Kier molecular flexibility index (Phi) is 4.90. The maximum Gasteiger partial charge on any atom is 0.211 e. The van der Waals surface area contributed by atoms with E-state index in [0.29, 0.717) is 31.2 Å². The molecule has 1 N–H and O–H groups in total. The molecule has 7 heteroatoms. The molecule has 0 radical (unpaired) electrons. The molecule has 20 heavy (non-hydrogen) atoms. The van der Waals surface area contributed by atoms with Crippen LogP contribution >= 0.6 is 11.6 Å². The first-order valence-electron chi connectivity index (χ1n) is 6.55. The van der Waals surface area contributed by atoms with Crippen molar-refractivity contribution in [1.29, 1.82) is 0 Å². The highest BCUT2D eigenvalue weighted by atomic mass is 35.5. The predicted molar refractivity (Wildman–Crippen MR) is 82.8 cm³/mol. The highest BCUT2D eigenvalue weighted by molar-refractivity contribution is 7.88. The monoisotopic (exact) mass is 317 g/mol. The highest BCUT2D eigenvalue weighted by Crippen LogP contribution is 2.28. The quantitative estimate of drug-likeness (QED) is 0.905. The summed E-state index contributed by atoms with van der Waals surface area (Å²) >= 11 is 6.32. The average molecular weight is 318 g/mol. The molecule has 0 bridgehead atoms. The molecule has 1 aliphatic heterocycles. The number of halogens is 1. The van der Waals surface area contributed by atoms with Crippen molar-refractivity contribution in [3.8, 4) is 0 Å². The van der Waals surface area contributed by atoms with E-state index in [1.54, 1.807) is 0 Å². The van der Waals surface area contributed by atoms with Gasteiger partial charge in [-0.3, -0.25) is 0 Å². The number of nitrogens with zero attached hydrogens (tertiary/aromatic N) is 2. The summed E-state index contributed by atoms with van der Waals surface area (Å²) in [6.45, 7) is 3.12. The molecule has 0 aromatic heterocycles. The average Bonchev–Trinajstić information content (AvgIpc) is 2.38. The first-order valence-corrected chi connectivity index (χ1v) is 8.77. The fraction of sp³-hybridized carbons (Fsp3) is 0.538. The van der Waals surface area contributed by atoms with Crippen LogP contribution < -0.4 is 10.2 Å². The van der Waals surface area contributed by atoms with Crippen molar-refractivity contribution in [3.63, 3.8) is 0 Å². The molecule has 5 nitrogen and oxygen atoms in total. The molecule has 1 heterocycles. The Morgan fingerprint density at radius 2 is 1.90 bits per heavy atom. The molecule has 2 rings (SSSR count). The molecule has 112 valence electrons. The molecule has 1 fully saturated rings. The molecule has 1 saturated heterocycles. The van der Waals surface area contributed by atoms with Gasteiger partial charge in [-0.05, 0) is 24.7 Å². The summed E-state index contributed by atoms with van der Waals surface area (Å²) < 4.78 is 24.5. The topological polar surface area (TPSA) is 52.6 Å². The lowest BCUT2D eigenvalue weighted by Gasteiger charge is -2.35. The molecule has 1 aliphatic rings. The van der Waals surface area contributed by atoms with Crippen molar-refractivity contribution in [2.24, 2.45) is 0 Å². The Bertz CT molecular complexity index is 569. The second-order valence-corrected chi connectivity index (χ2v) is 7.35. The van der Waals surface area contributed by atoms with Gasteiger partial charge in [-0.15, -0.1) is 0 Å². The Morgan fingerprint density at radius 1 is 1.25 bits per heavy atom. The van der Waals surface area contributed by atoms with Gasteiger partial charge in [-0.2, -0.15) is 4.31 Å². The third kappa shape index (κ3) is 3.63. The molecule has 0 aliphatic carbocycles. The Balaban J connectivity index is 2.07. The number of hydrogen-bond acceptors (Lipinski definition) is 4. The number of piperazine rings is 1. The van der Waals surface area contributed by atoms with Crippen LogP contribution in [0.25, 0.3) is 0 Å². The first-order chi connectivity index (χ1) is 9.41. The summed E-state index contributed by atoms with van der Waals surface area (Å²) in [5.41, 5.74) is 2.11. The smallest absolute Gasteiger partial charge is 0.211 e. The van der Waals surface area contributed by atoms with E-state index in [-0.39, 0.29) is 0 Å². The van der Waals surface area contributed by atoms with E-state index in [1.165, 1.54) is 10.6 Å². The molecular weight excluding hydrogens is 298 g/mol. The van der Waals surface area contributed by atoms with E-state index < -0.39 is 10.0 Å². The van der Waals surface area contributed by atoms with Gasteiger partial charge in [0.15, 0.2) is 0 Å². The van der Waals surface area contributed by atoms with Crippen LogP contribution in [0.5, 0.6) is 0 Å². The third-order valence-corrected chi connectivity index (χ3v) is 5.05. The van der Waals surface area contributed by atoms with Gasteiger partial charge in [0.05, 0.1) is 17.0 Å². The zero-order chi connectivity index (χ0) is 14.8. The fourth-order valence-electron chi connectivity index (χ4n) is 2.38. The maximum atomic E-state index is 11.5. The number of hydrogen-bond donors (Lipinski definition) is 1. The summed E-state index contributed by atoms with van der Waals surface area (Å²) in [7, 11) is -1.20. The van der Waals surface area contributed by atoms with Crippen LogP contribution in [0.2, 0.25) is 5.02 Å².